The van der Waals surface area contributed by atoms with E-state index in [1.54, 1.807) is 48.5 Å². The van der Waals surface area contributed by atoms with Crippen molar-refractivity contribution in [3.8, 4) is 11.5 Å². The highest BCUT2D eigenvalue weighted by molar-refractivity contribution is 14.1. The molecule has 0 aliphatic rings. The van der Waals surface area contributed by atoms with Crippen LogP contribution in [0.5, 0.6) is 0 Å². The molecule has 0 radical (unpaired) electrons. The number of benzene rings is 3. The zero-order valence-corrected chi connectivity index (χ0v) is 18.4. The second-order valence-electron chi connectivity index (χ2n) is 5.90. The standard InChI is InChI=1S/C20H10Cl3IN2O2/c21-11-2-6-18-17(8-11)26-20(28-18)10-1-4-15(23)16(7-10)25-19(27)13-9-12(24)3-5-14(13)22/h1-9H,(H,25,27). The van der Waals surface area contributed by atoms with Crippen molar-refractivity contribution in [3.63, 3.8) is 0 Å². The van der Waals surface area contributed by atoms with E-state index < -0.39 is 0 Å². The zero-order valence-electron chi connectivity index (χ0n) is 14.0. The highest BCUT2D eigenvalue weighted by Crippen LogP contribution is 2.32. The average molecular weight is 544 g/mol. The van der Waals surface area contributed by atoms with Crippen LogP contribution in [0.15, 0.2) is 59.0 Å². The van der Waals surface area contributed by atoms with Crippen LogP contribution in [0.25, 0.3) is 22.6 Å². The van der Waals surface area contributed by atoms with Gasteiger partial charge in [0.2, 0.25) is 5.89 Å². The summed E-state index contributed by atoms with van der Waals surface area (Å²) in [6.45, 7) is 0. The number of amides is 1. The topological polar surface area (TPSA) is 55.1 Å². The monoisotopic (exact) mass is 542 g/mol. The van der Waals surface area contributed by atoms with E-state index in [9.17, 15) is 4.79 Å². The van der Waals surface area contributed by atoms with Crippen LogP contribution in [0.3, 0.4) is 0 Å². The molecule has 0 bridgehead atoms. The molecular weight excluding hydrogens is 533 g/mol. The largest absolute Gasteiger partial charge is 0.436 e. The number of carbonyl (C=O) groups excluding carboxylic acids is 1. The minimum atomic E-state index is -0.355. The van der Waals surface area contributed by atoms with Gasteiger partial charge in [0.15, 0.2) is 5.58 Å². The van der Waals surface area contributed by atoms with Crippen molar-refractivity contribution >= 4 is 80.1 Å². The summed E-state index contributed by atoms with van der Waals surface area (Å²) in [6.07, 6.45) is 0. The molecule has 4 aromatic rings. The van der Waals surface area contributed by atoms with Crippen LogP contribution in [-0.2, 0) is 0 Å². The molecule has 140 valence electrons. The molecule has 0 saturated heterocycles. The number of hydrogen-bond acceptors (Lipinski definition) is 3. The molecule has 4 rings (SSSR count). The fourth-order valence-electron chi connectivity index (χ4n) is 2.64. The third-order valence-corrected chi connectivity index (χ3v) is 5.55. The Morgan fingerprint density at radius 2 is 1.75 bits per heavy atom. The number of oxazole rings is 1. The van der Waals surface area contributed by atoms with Gasteiger partial charge in [-0.1, -0.05) is 34.8 Å². The number of anilines is 1. The second kappa shape index (κ2) is 7.91. The Morgan fingerprint density at radius 1 is 0.964 bits per heavy atom. The van der Waals surface area contributed by atoms with Gasteiger partial charge in [-0.3, -0.25) is 4.79 Å². The number of nitrogens with zero attached hydrogens (tertiary/aromatic N) is 1. The number of nitrogens with one attached hydrogen (secondary N) is 1. The van der Waals surface area contributed by atoms with Crippen molar-refractivity contribution in [2.45, 2.75) is 0 Å². The summed E-state index contributed by atoms with van der Waals surface area (Å²) in [6, 6.07) is 15.6. The van der Waals surface area contributed by atoms with E-state index in [-0.39, 0.29) is 5.91 Å². The van der Waals surface area contributed by atoms with Gasteiger partial charge in [-0.2, -0.15) is 0 Å². The second-order valence-corrected chi connectivity index (χ2v) is 8.40. The molecular formula is C20H10Cl3IN2O2. The first-order valence-corrected chi connectivity index (χ1v) is 10.2. The fourth-order valence-corrected chi connectivity index (χ4v) is 3.67. The number of halogens is 4. The molecule has 1 heterocycles. The summed E-state index contributed by atoms with van der Waals surface area (Å²) in [5, 5.41) is 4.12. The molecule has 8 heteroatoms. The van der Waals surface area contributed by atoms with E-state index in [0.717, 1.165) is 3.57 Å². The van der Waals surface area contributed by atoms with E-state index in [1.807, 2.05) is 6.07 Å². The molecule has 0 aliphatic heterocycles. The van der Waals surface area contributed by atoms with E-state index in [1.165, 1.54) is 0 Å². The van der Waals surface area contributed by atoms with Gasteiger partial charge >= 0.3 is 0 Å². The molecule has 1 amide bonds. The molecule has 3 aromatic carbocycles. The Morgan fingerprint density at radius 3 is 2.57 bits per heavy atom. The summed E-state index contributed by atoms with van der Waals surface area (Å²) in [5.41, 5.74) is 2.73. The van der Waals surface area contributed by atoms with E-state index in [4.69, 9.17) is 39.2 Å². The molecule has 0 atom stereocenters. The van der Waals surface area contributed by atoms with Gasteiger partial charge in [0.05, 0.1) is 21.3 Å². The lowest BCUT2D eigenvalue weighted by Gasteiger charge is -2.10. The zero-order chi connectivity index (χ0) is 19.8. The lowest BCUT2D eigenvalue weighted by molar-refractivity contribution is 0.102. The smallest absolute Gasteiger partial charge is 0.257 e. The Kier molecular flexibility index (Phi) is 5.51. The first-order valence-electron chi connectivity index (χ1n) is 8.03. The first kappa shape index (κ1) is 19.5. The van der Waals surface area contributed by atoms with Crippen molar-refractivity contribution in [1.82, 2.24) is 4.98 Å². The molecule has 0 aliphatic carbocycles. The lowest BCUT2D eigenvalue weighted by atomic mass is 10.1. The predicted molar refractivity (Wildman–Crippen MR) is 122 cm³/mol. The van der Waals surface area contributed by atoms with Gasteiger partial charge in [-0.25, -0.2) is 4.98 Å². The van der Waals surface area contributed by atoms with Crippen molar-refractivity contribution in [2.24, 2.45) is 0 Å². The van der Waals surface area contributed by atoms with Crippen LogP contribution in [-0.4, -0.2) is 10.9 Å². The fraction of sp³-hybridized carbons (Fsp3) is 0. The van der Waals surface area contributed by atoms with Crippen molar-refractivity contribution < 1.29 is 9.21 Å². The Bertz CT molecular complexity index is 1220. The minimum Gasteiger partial charge on any atom is -0.436 e. The van der Waals surface area contributed by atoms with Crippen LogP contribution in [0.4, 0.5) is 5.69 Å². The lowest BCUT2D eigenvalue weighted by Crippen LogP contribution is -2.13. The van der Waals surface area contributed by atoms with Crippen LogP contribution in [0.1, 0.15) is 10.4 Å². The van der Waals surface area contributed by atoms with Gasteiger partial charge < -0.3 is 9.73 Å². The van der Waals surface area contributed by atoms with Crippen LogP contribution < -0.4 is 5.32 Å². The number of fused-ring (bicyclic) bond motifs is 1. The quantitative estimate of drug-likeness (QED) is 0.276. The predicted octanol–water partition coefficient (Wildman–Crippen LogP) is 7.31. The third-order valence-electron chi connectivity index (χ3n) is 3.98. The van der Waals surface area contributed by atoms with Crippen molar-refractivity contribution in [2.75, 3.05) is 5.32 Å². The van der Waals surface area contributed by atoms with Crippen molar-refractivity contribution in [1.29, 1.82) is 0 Å². The van der Waals surface area contributed by atoms with Crippen LogP contribution >= 0.6 is 57.4 Å². The maximum absolute atomic E-state index is 12.7. The summed E-state index contributed by atoms with van der Waals surface area (Å²) < 4.78 is 6.68. The van der Waals surface area contributed by atoms with Gasteiger partial charge in [-0.15, -0.1) is 0 Å². The summed E-state index contributed by atoms with van der Waals surface area (Å²) in [7, 11) is 0. The molecule has 0 unspecified atom stereocenters. The molecule has 4 nitrogen and oxygen atoms in total. The normalized spacial score (nSPS) is 11.0. The SMILES string of the molecule is O=C(Nc1cc(-c2nc3cc(Cl)ccc3o2)ccc1Cl)c1cc(I)ccc1Cl. The van der Waals surface area contributed by atoms with E-state index >= 15 is 0 Å². The molecule has 0 spiro atoms. The van der Waals surface area contributed by atoms with Crippen molar-refractivity contribution in [3.05, 3.63) is 78.8 Å². The van der Waals surface area contributed by atoms with Gasteiger partial charge in [-0.05, 0) is 77.2 Å². The average Bonchev–Trinajstić information content (AvgIpc) is 3.08. The molecule has 0 saturated carbocycles. The first-order chi connectivity index (χ1) is 13.4. The number of carbonyl (C=O) groups is 1. The molecule has 1 N–H and O–H groups in total. The highest BCUT2D eigenvalue weighted by atomic mass is 127. The Balaban J connectivity index is 1.68. The number of hydrogen-bond donors (Lipinski definition) is 1. The van der Waals surface area contributed by atoms with Gasteiger partial charge in [0, 0.05) is 14.2 Å². The summed E-state index contributed by atoms with van der Waals surface area (Å²) >= 11 is 20.5. The molecule has 0 fully saturated rings. The molecule has 28 heavy (non-hydrogen) atoms. The maximum Gasteiger partial charge on any atom is 0.257 e. The van der Waals surface area contributed by atoms with E-state index in [0.29, 0.717) is 48.9 Å². The Labute approximate surface area is 188 Å². The Hall–Kier alpha value is -1.80. The third kappa shape index (κ3) is 3.98. The minimum absolute atomic E-state index is 0.355. The summed E-state index contributed by atoms with van der Waals surface area (Å²) in [5.74, 6) is 0.0450. The summed E-state index contributed by atoms with van der Waals surface area (Å²) in [4.78, 5) is 17.1. The van der Waals surface area contributed by atoms with Crippen LogP contribution in [0.2, 0.25) is 15.1 Å². The molecule has 1 aromatic heterocycles. The van der Waals surface area contributed by atoms with E-state index in [2.05, 4.69) is 32.9 Å². The highest BCUT2D eigenvalue weighted by Gasteiger charge is 2.15. The van der Waals surface area contributed by atoms with Gasteiger partial charge in [0.1, 0.15) is 5.52 Å². The van der Waals surface area contributed by atoms with Crippen LogP contribution in [0, 0.1) is 3.57 Å². The number of aromatic nitrogens is 1. The number of rotatable bonds is 3. The maximum atomic E-state index is 12.7. The van der Waals surface area contributed by atoms with Gasteiger partial charge in [0.25, 0.3) is 5.91 Å².